The first-order chi connectivity index (χ1) is 18.7. The number of fused-ring (bicyclic) bond motifs is 1. The number of amides is 2. The van der Waals surface area contributed by atoms with Crippen molar-refractivity contribution in [1.82, 2.24) is 10.2 Å². The first-order valence-electron chi connectivity index (χ1n) is 13.3. The molecule has 1 fully saturated rings. The van der Waals surface area contributed by atoms with E-state index in [9.17, 15) is 18.0 Å². The monoisotopic (exact) mass is 559 g/mol. The predicted molar refractivity (Wildman–Crippen MR) is 147 cm³/mol. The van der Waals surface area contributed by atoms with Crippen LogP contribution in [0.4, 0.5) is 5.69 Å². The van der Waals surface area contributed by atoms with Gasteiger partial charge in [-0.25, -0.2) is 8.42 Å². The number of hydrogen-bond donors (Lipinski definition) is 1. The lowest BCUT2D eigenvalue weighted by Crippen LogP contribution is -2.53. The van der Waals surface area contributed by atoms with E-state index in [-0.39, 0.29) is 36.7 Å². The number of methoxy groups -OCH3 is 1. The average molecular weight is 560 g/mol. The van der Waals surface area contributed by atoms with Crippen molar-refractivity contribution < 1.29 is 32.2 Å². The van der Waals surface area contributed by atoms with E-state index in [1.165, 1.54) is 11.8 Å². The number of anilines is 1. The van der Waals surface area contributed by atoms with E-state index < -0.39 is 28.5 Å². The van der Waals surface area contributed by atoms with Gasteiger partial charge in [0.15, 0.2) is 11.5 Å². The van der Waals surface area contributed by atoms with Gasteiger partial charge in [-0.1, -0.05) is 31.4 Å². The molecular formula is C28H37N3O7S. The molecule has 2 aromatic rings. The Morgan fingerprint density at radius 2 is 1.74 bits per heavy atom. The molecule has 0 unspecified atom stereocenters. The van der Waals surface area contributed by atoms with E-state index in [0.717, 1.165) is 42.0 Å². The van der Waals surface area contributed by atoms with E-state index in [4.69, 9.17) is 14.2 Å². The fourth-order valence-electron chi connectivity index (χ4n) is 4.84. The van der Waals surface area contributed by atoms with Crippen LogP contribution in [0.3, 0.4) is 0 Å². The van der Waals surface area contributed by atoms with E-state index >= 15 is 0 Å². The van der Waals surface area contributed by atoms with Gasteiger partial charge in [0.05, 0.1) is 18.6 Å². The maximum absolute atomic E-state index is 13.8. The minimum atomic E-state index is -3.84. The largest absolute Gasteiger partial charge is 0.497 e. The van der Waals surface area contributed by atoms with Crippen LogP contribution in [0.25, 0.3) is 0 Å². The number of sulfonamides is 1. The van der Waals surface area contributed by atoms with E-state index in [1.54, 1.807) is 44.4 Å². The number of carbonyl (C=O) groups excluding carboxylic acids is 2. The molecule has 0 aromatic heterocycles. The molecule has 0 radical (unpaired) electrons. The van der Waals surface area contributed by atoms with Gasteiger partial charge >= 0.3 is 0 Å². The Morgan fingerprint density at radius 3 is 2.41 bits per heavy atom. The molecule has 2 aliphatic rings. The normalized spacial score (nSPS) is 15.9. The van der Waals surface area contributed by atoms with Crippen LogP contribution in [-0.2, 0) is 26.2 Å². The molecule has 212 valence electrons. The van der Waals surface area contributed by atoms with Crippen molar-refractivity contribution in [2.45, 2.75) is 64.6 Å². The third kappa shape index (κ3) is 6.95. The zero-order valence-corrected chi connectivity index (χ0v) is 23.5. The van der Waals surface area contributed by atoms with Crippen molar-refractivity contribution in [1.29, 1.82) is 0 Å². The molecule has 11 heteroatoms. The van der Waals surface area contributed by atoms with Crippen LogP contribution in [0.1, 0.15) is 51.5 Å². The summed E-state index contributed by atoms with van der Waals surface area (Å²) in [5.74, 6) is 0.635. The lowest BCUT2D eigenvalue weighted by atomic mass is 9.95. The Hall–Kier alpha value is -3.47. The maximum Gasteiger partial charge on any atom is 0.244 e. The minimum absolute atomic E-state index is 0.0432. The molecule has 4 rings (SSSR count). The van der Waals surface area contributed by atoms with Crippen molar-refractivity contribution in [2.24, 2.45) is 0 Å². The van der Waals surface area contributed by atoms with E-state index in [2.05, 4.69) is 5.32 Å². The number of nitrogens with one attached hydrogen (secondary N) is 1. The molecule has 1 aliphatic heterocycles. The summed E-state index contributed by atoms with van der Waals surface area (Å²) >= 11 is 0. The zero-order valence-electron chi connectivity index (χ0n) is 22.7. The molecule has 0 bridgehead atoms. The molecule has 1 saturated carbocycles. The Balaban J connectivity index is 1.60. The van der Waals surface area contributed by atoms with Gasteiger partial charge in [-0.2, -0.15) is 0 Å². The molecule has 1 atom stereocenters. The summed E-state index contributed by atoms with van der Waals surface area (Å²) in [4.78, 5) is 28.6. The Kier molecular flexibility index (Phi) is 9.21. The Morgan fingerprint density at radius 1 is 1.05 bits per heavy atom. The topological polar surface area (TPSA) is 114 Å². The maximum atomic E-state index is 13.8. The fraction of sp³-hybridized carbons (Fsp3) is 0.500. The van der Waals surface area contributed by atoms with Crippen molar-refractivity contribution in [3.8, 4) is 17.2 Å². The van der Waals surface area contributed by atoms with Gasteiger partial charge in [0, 0.05) is 18.7 Å². The summed E-state index contributed by atoms with van der Waals surface area (Å²) in [6.45, 7) is 2.91. The summed E-state index contributed by atoms with van der Waals surface area (Å²) in [5, 5.41) is 3.10. The van der Waals surface area contributed by atoms with Crippen LogP contribution in [0.2, 0.25) is 0 Å². The first-order valence-corrected chi connectivity index (χ1v) is 15.0. The molecular weight excluding hydrogens is 522 g/mol. The quantitative estimate of drug-likeness (QED) is 0.449. The summed E-state index contributed by atoms with van der Waals surface area (Å²) in [7, 11) is -2.27. The SMILES string of the molecule is CCS(=O)(=O)N(CC(=O)N(Cc1ccc(OC)cc1)[C@H](C)C(=O)NC1CCCCC1)c1ccc2c(c1)OCO2. The predicted octanol–water partition coefficient (Wildman–Crippen LogP) is 3.45. The van der Waals surface area contributed by atoms with Gasteiger partial charge in [-0.15, -0.1) is 0 Å². The fourth-order valence-corrected chi connectivity index (χ4v) is 5.89. The second-order valence-electron chi connectivity index (χ2n) is 9.83. The zero-order chi connectivity index (χ0) is 28.0. The number of hydrogen-bond acceptors (Lipinski definition) is 7. The highest BCUT2D eigenvalue weighted by Gasteiger charge is 2.32. The number of ether oxygens (including phenoxy) is 3. The standard InChI is InChI=1S/C28H37N3O7S/c1-4-39(34,35)31(23-12-15-25-26(16-23)38-19-37-25)18-27(32)30(17-21-10-13-24(36-3)14-11-21)20(2)28(33)29-22-8-6-5-7-9-22/h10-16,20,22H,4-9,17-19H2,1-3H3,(H,29,33)/t20-/m1/s1. The van der Waals surface area contributed by atoms with Crippen molar-refractivity contribution in [3.05, 3.63) is 48.0 Å². The summed E-state index contributed by atoms with van der Waals surface area (Å²) in [6.07, 6.45) is 5.11. The highest BCUT2D eigenvalue weighted by atomic mass is 32.2. The molecule has 2 aromatic carbocycles. The van der Waals surface area contributed by atoms with Crippen LogP contribution in [0, 0.1) is 0 Å². The van der Waals surface area contributed by atoms with E-state index in [0.29, 0.717) is 17.2 Å². The molecule has 0 saturated heterocycles. The summed E-state index contributed by atoms with van der Waals surface area (Å²) in [5.41, 5.74) is 1.08. The highest BCUT2D eigenvalue weighted by Crippen LogP contribution is 2.36. The second-order valence-corrected chi connectivity index (χ2v) is 12.0. The number of rotatable bonds is 11. The van der Waals surface area contributed by atoms with Crippen LogP contribution in [-0.4, -0.2) is 63.4 Å². The first kappa shape index (κ1) is 28.5. The minimum Gasteiger partial charge on any atom is -0.497 e. The van der Waals surface area contributed by atoms with E-state index in [1.807, 2.05) is 12.1 Å². The molecule has 1 heterocycles. The molecule has 2 amide bonds. The molecule has 10 nitrogen and oxygen atoms in total. The number of nitrogens with zero attached hydrogens (tertiary/aromatic N) is 2. The smallest absolute Gasteiger partial charge is 0.244 e. The molecule has 39 heavy (non-hydrogen) atoms. The summed E-state index contributed by atoms with van der Waals surface area (Å²) in [6, 6.07) is 11.2. The Bertz CT molecular complexity index is 1260. The van der Waals surface area contributed by atoms with Gasteiger partial charge in [-0.05, 0) is 56.5 Å². The third-order valence-corrected chi connectivity index (χ3v) is 9.00. The van der Waals surface area contributed by atoms with Gasteiger partial charge in [-0.3, -0.25) is 13.9 Å². The number of carbonyl (C=O) groups is 2. The average Bonchev–Trinajstić information content (AvgIpc) is 3.43. The van der Waals surface area contributed by atoms with Gasteiger partial charge in [0.25, 0.3) is 0 Å². The van der Waals surface area contributed by atoms with Gasteiger partial charge in [0.1, 0.15) is 18.3 Å². The highest BCUT2D eigenvalue weighted by molar-refractivity contribution is 7.92. The van der Waals surface area contributed by atoms with Crippen LogP contribution in [0.5, 0.6) is 17.2 Å². The van der Waals surface area contributed by atoms with Crippen molar-refractivity contribution in [3.63, 3.8) is 0 Å². The second kappa shape index (κ2) is 12.6. The van der Waals surface area contributed by atoms with Crippen molar-refractivity contribution >= 4 is 27.5 Å². The molecule has 1 N–H and O–H groups in total. The Labute approximate surface area is 230 Å². The third-order valence-electron chi connectivity index (χ3n) is 7.25. The van der Waals surface area contributed by atoms with Gasteiger partial charge in [0.2, 0.25) is 28.6 Å². The lowest BCUT2D eigenvalue weighted by molar-refractivity contribution is -0.139. The lowest BCUT2D eigenvalue weighted by Gasteiger charge is -2.33. The summed E-state index contributed by atoms with van der Waals surface area (Å²) < 4.78 is 43.4. The van der Waals surface area contributed by atoms with Crippen LogP contribution in [0.15, 0.2) is 42.5 Å². The van der Waals surface area contributed by atoms with Gasteiger partial charge < -0.3 is 24.4 Å². The molecule has 0 spiro atoms. The van der Waals surface area contributed by atoms with Crippen molar-refractivity contribution in [2.75, 3.05) is 30.5 Å². The molecule has 1 aliphatic carbocycles. The van der Waals surface area contributed by atoms with Crippen LogP contribution >= 0.6 is 0 Å². The van der Waals surface area contributed by atoms with Crippen LogP contribution < -0.4 is 23.8 Å². The number of benzene rings is 2.